The maximum Gasteiger partial charge on any atom is 0.225 e. The summed E-state index contributed by atoms with van der Waals surface area (Å²) >= 11 is 0. The summed E-state index contributed by atoms with van der Waals surface area (Å²) in [7, 11) is 0. The molecule has 1 heterocycles. The molecule has 134 valence electrons. The highest BCUT2D eigenvalue weighted by Gasteiger charge is 2.15. The summed E-state index contributed by atoms with van der Waals surface area (Å²) < 4.78 is 40.5. The van der Waals surface area contributed by atoms with Gasteiger partial charge >= 0.3 is 0 Å². The monoisotopic (exact) mass is 358 g/mol. The van der Waals surface area contributed by atoms with Crippen molar-refractivity contribution in [2.24, 2.45) is 0 Å². The molecule has 0 aliphatic heterocycles. The van der Waals surface area contributed by atoms with Gasteiger partial charge in [0.1, 0.15) is 5.82 Å². The Morgan fingerprint density at radius 2 is 1.69 bits per heavy atom. The van der Waals surface area contributed by atoms with Gasteiger partial charge in [-0.05, 0) is 18.6 Å². The topological polar surface area (TPSA) is 49.8 Å². The second kappa shape index (κ2) is 7.86. The first-order chi connectivity index (χ1) is 12.6. The van der Waals surface area contributed by atoms with Crippen LogP contribution in [0.4, 0.5) is 30.6 Å². The minimum Gasteiger partial charge on any atom is -0.354 e. The van der Waals surface area contributed by atoms with E-state index in [1.54, 1.807) is 6.07 Å². The molecule has 0 radical (unpaired) electrons. The third kappa shape index (κ3) is 3.93. The molecule has 3 aromatic rings. The molecule has 0 atom stereocenters. The zero-order valence-electron chi connectivity index (χ0n) is 14.1. The van der Waals surface area contributed by atoms with Gasteiger partial charge in [-0.1, -0.05) is 37.3 Å². The lowest BCUT2D eigenvalue weighted by molar-refractivity contribution is 0.449. The Kier molecular flexibility index (Phi) is 5.36. The highest BCUT2D eigenvalue weighted by Crippen LogP contribution is 2.26. The first-order valence-corrected chi connectivity index (χ1v) is 8.17. The van der Waals surface area contributed by atoms with E-state index in [4.69, 9.17) is 0 Å². The Bertz CT molecular complexity index is 901. The van der Waals surface area contributed by atoms with Crippen molar-refractivity contribution in [1.29, 1.82) is 0 Å². The van der Waals surface area contributed by atoms with E-state index in [1.807, 2.05) is 37.3 Å². The molecule has 0 fully saturated rings. The number of nitrogens with zero attached hydrogens (tertiary/aromatic N) is 2. The molecular weight excluding hydrogens is 341 g/mol. The van der Waals surface area contributed by atoms with Crippen LogP contribution in [0.1, 0.15) is 13.3 Å². The zero-order chi connectivity index (χ0) is 18.5. The van der Waals surface area contributed by atoms with Crippen LogP contribution in [0.25, 0.3) is 11.3 Å². The van der Waals surface area contributed by atoms with E-state index in [-0.39, 0.29) is 11.5 Å². The van der Waals surface area contributed by atoms with Crippen LogP contribution in [0.15, 0.2) is 48.5 Å². The number of hydrogen-bond acceptors (Lipinski definition) is 4. The molecule has 4 nitrogen and oxygen atoms in total. The summed E-state index contributed by atoms with van der Waals surface area (Å²) in [5.74, 6) is -3.45. The van der Waals surface area contributed by atoms with E-state index < -0.39 is 17.5 Å². The molecule has 0 amide bonds. The zero-order valence-corrected chi connectivity index (χ0v) is 14.1. The summed E-state index contributed by atoms with van der Waals surface area (Å²) in [6, 6.07) is 13.0. The van der Waals surface area contributed by atoms with Crippen LogP contribution >= 0.6 is 0 Å². The molecule has 26 heavy (non-hydrogen) atoms. The average Bonchev–Trinajstić information content (AvgIpc) is 2.67. The van der Waals surface area contributed by atoms with Gasteiger partial charge in [-0.15, -0.1) is 0 Å². The van der Waals surface area contributed by atoms with Crippen molar-refractivity contribution in [1.82, 2.24) is 9.97 Å². The van der Waals surface area contributed by atoms with Crippen molar-refractivity contribution in [2.45, 2.75) is 13.3 Å². The smallest absolute Gasteiger partial charge is 0.225 e. The van der Waals surface area contributed by atoms with Gasteiger partial charge in [0.05, 0.1) is 11.4 Å². The van der Waals surface area contributed by atoms with Crippen LogP contribution in [0.5, 0.6) is 0 Å². The fourth-order valence-electron chi connectivity index (χ4n) is 2.34. The SMILES string of the molecule is CCCNc1nc(Nc2ccc(F)c(F)c2F)cc(-c2ccccc2)n1. The fraction of sp³-hybridized carbons (Fsp3) is 0.158. The number of halogens is 3. The van der Waals surface area contributed by atoms with E-state index in [0.29, 0.717) is 18.2 Å². The Morgan fingerprint density at radius 1 is 0.923 bits per heavy atom. The van der Waals surface area contributed by atoms with Crippen LogP contribution in [-0.4, -0.2) is 16.5 Å². The second-order valence-corrected chi connectivity index (χ2v) is 5.60. The predicted octanol–water partition coefficient (Wildman–Crippen LogP) is 5.13. The minimum absolute atomic E-state index is 0.206. The number of hydrogen-bond donors (Lipinski definition) is 2. The van der Waals surface area contributed by atoms with Crippen LogP contribution in [0, 0.1) is 17.5 Å². The highest BCUT2D eigenvalue weighted by atomic mass is 19.2. The Morgan fingerprint density at radius 3 is 2.42 bits per heavy atom. The van der Waals surface area contributed by atoms with Gasteiger partial charge < -0.3 is 10.6 Å². The Hall–Kier alpha value is -3.09. The molecule has 2 N–H and O–H groups in total. The number of benzene rings is 2. The van der Waals surface area contributed by atoms with Gasteiger partial charge in [-0.2, -0.15) is 4.98 Å². The lowest BCUT2D eigenvalue weighted by atomic mass is 10.1. The average molecular weight is 358 g/mol. The fourth-order valence-corrected chi connectivity index (χ4v) is 2.34. The summed E-state index contributed by atoms with van der Waals surface area (Å²) in [5.41, 5.74) is 1.26. The summed E-state index contributed by atoms with van der Waals surface area (Å²) in [4.78, 5) is 8.72. The molecule has 0 unspecified atom stereocenters. The standard InChI is InChI=1S/C19H17F3N4/c1-2-10-23-19-25-15(12-6-4-3-5-7-12)11-16(26-19)24-14-9-8-13(20)17(21)18(14)22/h3-9,11H,2,10H2,1H3,(H2,23,24,25,26). The normalized spacial score (nSPS) is 10.6. The van der Waals surface area contributed by atoms with E-state index in [9.17, 15) is 13.2 Å². The van der Waals surface area contributed by atoms with Crippen molar-refractivity contribution in [2.75, 3.05) is 17.2 Å². The molecule has 7 heteroatoms. The summed E-state index contributed by atoms with van der Waals surface area (Å²) in [6.45, 7) is 2.67. The lowest BCUT2D eigenvalue weighted by Gasteiger charge is -2.12. The van der Waals surface area contributed by atoms with E-state index >= 15 is 0 Å². The van der Waals surface area contributed by atoms with Gasteiger partial charge in [0, 0.05) is 18.2 Å². The van der Waals surface area contributed by atoms with Crippen molar-refractivity contribution in [3.8, 4) is 11.3 Å². The first kappa shape index (κ1) is 17.7. The summed E-state index contributed by atoms with van der Waals surface area (Å²) in [5, 5.41) is 5.77. The maximum absolute atomic E-state index is 13.9. The van der Waals surface area contributed by atoms with Gasteiger partial charge in [-0.3, -0.25) is 0 Å². The molecule has 0 bridgehead atoms. The van der Waals surface area contributed by atoms with Crippen molar-refractivity contribution in [3.63, 3.8) is 0 Å². The Labute approximate surface area is 149 Å². The van der Waals surface area contributed by atoms with Crippen LogP contribution in [-0.2, 0) is 0 Å². The van der Waals surface area contributed by atoms with Gasteiger partial charge in [0.15, 0.2) is 17.5 Å². The van der Waals surface area contributed by atoms with E-state index in [1.165, 1.54) is 0 Å². The van der Waals surface area contributed by atoms with Gasteiger partial charge in [0.2, 0.25) is 5.95 Å². The molecule has 0 saturated heterocycles. The quantitative estimate of drug-likeness (QED) is 0.600. The van der Waals surface area contributed by atoms with Crippen molar-refractivity contribution < 1.29 is 13.2 Å². The number of nitrogens with one attached hydrogen (secondary N) is 2. The number of anilines is 3. The summed E-state index contributed by atoms with van der Waals surface area (Å²) in [6.07, 6.45) is 0.874. The van der Waals surface area contributed by atoms with Crippen molar-refractivity contribution in [3.05, 3.63) is 66.0 Å². The Balaban J connectivity index is 1.99. The first-order valence-electron chi connectivity index (χ1n) is 8.17. The molecule has 2 aromatic carbocycles. The van der Waals surface area contributed by atoms with Crippen LogP contribution < -0.4 is 10.6 Å². The van der Waals surface area contributed by atoms with Crippen LogP contribution in [0.2, 0.25) is 0 Å². The second-order valence-electron chi connectivity index (χ2n) is 5.60. The maximum atomic E-state index is 13.9. The molecule has 0 aliphatic rings. The highest BCUT2D eigenvalue weighted by molar-refractivity contribution is 5.67. The lowest BCUT2D eigenvalue weighted by Crippen LogP contribution is -2.07. The van der Waals surface area contributed by atoms with Gasteiger partial charge in [0.25, 0.3) is 0 Å². The number of aromatic nitrogens is 2. The minimum atomic E-state index is -1.53. The molecule has 3 rings (SSSR count). The van der Waals surface area contributed by atoms with Crippen molar-refractivity contribution >= 4 is 17.5 Å². The largest absolute Gasteiger partial charge is 0.354 e. The molecular formula is C19H17F3N4. The molecule has 0 aliphatic carbocycles. The third-order valence-corrected chi connectivity index (χ3v) is 3.63. The third-order valence-electron chi connectivity index (χ3n) is 3.63. The number of rotatable bonds is 6. The molecule has 1 aromatic heterocycles. The van der Waals surface area contributed by atoms with E-state index in [0.717, 1.165) is 24.1 Å². The molecule has 0 spiro atoms. The van der Waals surface area contributed by atoms with Gasteiger partial charge in [-0.25, -0.2) is 18.2 Å². The molecule has 0 saturated carbocycles. The van der Waals surface area contributed by atoms with E-state index in [2.05, 4.69) is 20.6 Å². The van der Waals surface area contributed by atoms with Crippen LogP contribution in [0.3, 0.4) is 0 Å². The predicted molar refractivity (Wildman–Crippen MR) is 95.8 cm³/mol.